The van der Waals surface area contributed by atoms with E-state index in [9.17, 15) is 9.59 Å². The number of aryl methyl sites for hydroxylation is 2. The van der Waals surface area contributed by atoms with Gasteiger partial charge in [-0.3, -0.25) is 9.59 Å². The number of rotatable bonds is 3. The van der Waals surface area contributed by atoms with Crippen molar-refractivity contribution in [3.05, 3.63) is 47.5 Å². The van der Waals surface area contributed by atoms with Crippen molar-refractivity contribution in [3.63, 3.8) is 0 Å². The molecule has 114 valence electrons. The third-order valence-corrected chi connectivity index (χ3v) is 3.22. The summed E-state index contributed by atoms with van der Waals surface area (Å²) < 4.78 is 10.4. The molecule has 0 aliphatic heterocycles. The summed E-state index contributed by atoms with van der Waals surface area (Å²) in [6.07, 6.45) is 0. The lowest BCUT2D eigenvalue weighted by molar-refractivity contribution is -0.132. The molecule has 0 aromatic heterocycles. The number of carbonyl (C=O) groups excluding carboxylic acids is 2. The molecule has 2 aromatic rings. The zero-order valence-electron chi connectivity index (χ0n) is 13.1. The van der Waals surface area contributed by atoms with Gasteiger partial charge in [0.05, 0.1) is 0 Å². The predicted molar refractivity (Wildman–Crippen MR) is 84.0 cm³/mol. The van der Waals surface area contributed by atoms with Crippen LogP contribution in [0.5, 0.6) is 11.5 Å². The van der Waals surface area contributed by atoms with Gasteiger partial charge in [0.25, 0.3) is 0 Å². The molecule has 4 nitrogen and oxygen atoms in total. The Balaban J connectivity index is 2.43. The van der Waals surface area contributed by atoms with Crippen molar-refractivity contribution in [1.82, 2.24) is 0 Å². The SMILES string of the molecule is CC(=O)Oc1cc(-c2ccc(C)c(OC(C)=O)c2)ccc1C. The summed E-state index contributed by atoms with van der Waals surface area (Å²) >= 11 is 0. The maximum absolute atomic E-state index is 11.2. The molecule has 0 aliphatic carbocycles. The number of hydrogen-bond donors (Lipinski definition) is 0. The molecule has 0 radical (unpaired) electrons. The van der Waals surface area contributed by atoms with Crippen LogP contribution in [0.4, 0.5) is 0 Å². The molecule has 0 unspecified atom stereocenters. The molecular weight excluding hydrogens is 280 g/mol. The number of carbonyl (C=O) groups is 2. The van der Waals surface area contributed by atoms with Crippen LogP contribution in [0.1, 0.15) is 25.0 Å². The van der Waals surface area contributed by atoms with E-state index in [4.69, 9.17) is 9.47 Å². The van der Waals surface area contributed by atoms with Crippen LogP contribution in [0.25, 0.3) is 11.1 Å². The Morgan fingerprint density at radius 2 is 1.09 bits per heavy atom. The van der Waals surface area contributed by atoms with Crippen molar-refractivity contribution < 1.29 is 19.1 Å². The molecule has 0 bridgehead atoms. The van der Waals surface area contributed by atoms with Gasteiger partial charge in [0.1, 0.15) is 11.5 Å². The van der Waals surface area contributed by atoms with Crippen LogP contribution < -0.4 is 9.47 Å². The van der Waals surface area contributed by atoms with Crippen molar-refractivity contribution in [2.75, 3.05) is 0 Å². The Bertz CT molecular complexity index is 668. The number of hydrogen-bond acceptors (Lipinski definition) is 4. The normalized spacial score (nSPS) is 10.2. The first kappa shape index (κ1) is 15.8. The molecule has 0 fully saturated rings. The second-order valence-corrected chi connectivity index (χ2v) is 5.15. The monoisotopic (exact) mass is 298 g/mol. The van der Waals surface area contributed by atoms with E-state index in [1.807, 2.05) is 38.1 Å². The highest BCUT2D eigenvalue weighted by Crippen LogP contribution is 2.31. The van der Waals surface area contributed by atoms with E-state index >= 15 is 0 Å². The molecule has 0 spiro atoms. The fraction of sp³-hybridized carbons (Fsp3) is 0.222. The highest BCUT2D eigenvalue weighted by molar-refractivity contribution is 5.74. The van der Waals surface area contributed by atoms with E-state index in [-0.39, 0.29) is 11.9 Å². The molecule has 2 aromatic carbocycles. The second kappa shape index (κ2) is 6.43. The van der Waals surface area contributed by atoms with E-state index in [2.05, 4.69) is 0 Å². The summed E-state index contributed by atoms with van der Waals surface area (Å²) in [5.41, 5.74) is 3.53. The highest BCUT2D eigenvalue weighted by Gasteiger charge is 2.09. The minimum Gasteiger partial charge on any atom is -0.426 e. The van der Waals surface area contributed by atoms with Crippen molar-refractivity contribution in [2.24, 2.45) is 0 Å². The molecule has 0 amide bonds. The van der Waals surface area contributed by atoms with Gasteiger partial charge >= 0.3 is 11.9 Å². The van der Waals surface area contributed by atoms with Gasteiger partial charge in [-0.25, -0.2) is 0 Å². The summed E-state index contributed by atoms with van der Waals surface area (Å²) in [7, 11) is 0. The van der Waals surface area contributed by atoms with Gasteiger partial charge in [-0.15, -0.1) is 0 Å². The van der Waals surface area contributed by atoms with Crippen molar-refractivity contribution >= 4 is 11.9 Å². The minimum absolute atomic E-state index is 0.357. The lowest BCUT2D eigenvalue weighted by atomic mass is 10.0. The first-order valence-corrected chi connectivity index (χ1v) is 6.95. The highest BCUT2D eigenvalue weighted by atomic mass is 16.5. The van der Waals surface area contributed by atoms with Crippen LogP contribution in [0.3, 0.4) is 0 Å². The Hall–Kier alpha value is -2.62. The van der Waals surface area contributed by atoms with E-state index in [1.54, 1.807) is 12.1 Å². The van der Waals surface area contributed by atoms with E-state index in [0.29, 0.717) is 11.5 Å². The third-order valence-electron chi connectivity index (χ3n) is 3.22. The molecule has 0 saturated carbocycles. The van der Waals surface area contributed by atoms with Gasteiger partial charge in [-0.05, 0) is 48.2 Å². The van der Waals surface area contributed by atoms with Crippen LogP contribution in [0.2, 0.25) is 0 Å². The van der Waals surface area contributed by atoms with Crippen molar-refractivity contribution in [3.8, 4) is 22.6 Å². The summed E-state index contributed by atoms with van der Waals surface area (Å²) in [6.45, 7) is 6.50. The Morgan fingerprint density at radius 3 is 1.41 bits per heavy atom. The number of benzene rings is 2. The fourth-order valence-corrected chi connectivity index (χ4v) is 2.09. The number of esters is 2. The van der Waals surface area contributed by atoms with Gasteiger partial charge in [0.15, 0.2) is 0 Å². The summed E-state index contributed by atoms with van der Waals surface area (Å²) in [6, 6.07) is 11.3. The Kier molecular flexibility index (Phi) is 4.61. The lowest BCUT2D eigenvalue weighted by Gasteiger charge is -2.11. The number of ether oxygens (including phenoxy) is 2. The average Bonchev–Trinajstić information content (AvgIpc) is 2.43. The van der Waals surface area contributed by atoms with Gasteiger partial charge in [0, 0.05) is 13.8 Å². The van der Waals surface area contributed by atoms with Gasteiger partial charge in [-0.1, -0.05) is 24.3 Å². The molecule has 0 N–H and O–H groups in total. The maximum Gasteiger partial charge on any atom is 0.308 e. The Morgan fingerprint density at radius 1 is 0.727 bits per heavy atom. The van der Waals surface area contributed by atoms with Crippen LogP contribution in [-0.2, 0) is 9.59 Å². The van der Waals surface area contributed by atoms with Crippen LogP contribution in [0, 0.1) is 13.8 Å². The quantitative estimate of drug-likeness (QED) is 0.638. The zero-order chi connectivity index (χ0) is 16.3. The molecule has 0 heterocycles. The van der Waals surface area contributed by atoms with E-state index in [0.717, 1.165) is 22.3 Å². The minimum atomic E-state index is -0.357. The molecule has 4 heteroatoms. The first-order valence-electron chi connectivity index (χ1n) is 6.95. The third kappa shape index (κ3) is 3.73. The van der Waals surface area contributed by atoms with Crippen LogP contribution in [-0.4, -0.2) is 11.9 Å². The van der Waals surface area contributed by atoms with E-state index in [1.165, 1.54) is 13.8 Å². The second-order valence-electron chi connectivity index (χ2n) is 5.15. The molecule has 2 rings (SSSR count). The van der Waals surface area contributed by atoms with Crippen molar-refractivity contribution in [2.45, 2.75) is 27.7 Å². The summed E-state index contributed by atoms with van der Waals surface area (Å²) in [5.74, 6) is 0.341. The molecular formula is C18H18O4. The largest absolute Gasteiger partial charge is 0.426 e. The predicted octanol–water partition coefficient (Wildman–Crippen LogP) is 3.82. The van der Waals surface area contributed by atoms with Gasteiger partial charge in [0.2, 0.25) is 0 Å². The smallest absolute Gasteiger partial charge is 0.308 e. The van der Waals surface area contributed by atoms with Gasteiger partial charge < -0.3 is 9.47 Å². The standard InChI is InChI=1S/C18H18O4/c1-11-5-7-15(9-17(11)21-13(3)19)16-8-6-12(2)18(10-16)22-14(4)20/h5-10H,1-4H3. The van der Waals surface area contributed by atoms with Crippen molar-refractivity contribution in [1.29, 1.82) is 0 Å². The molecule has 0 saturated heterocycles. The Labute approximate surface area is 129 Å². The molecule has 0 atom stereocenters. The lowest BCUT2D eigenvalue weighted by Crippen LogP contribution is -2.03. The van der Waals surface area contributed by atoms with Crippen LogP contribution >= 0.6 is 0 Å². The van der Waals surface area contributed by atoms with Crippen LogP contribution in [0.15, 0.2) is 36.4 Å². The maximum atomic E-state index is 11.2. The molecule has 22 heavy (non-hydrogen) atoms. The topological polar surface area (TPSA) is 52.6 Å². The van der Waals surface area contributed by atoms with Gasteiger partial charge in [-0.2, -0.15) is 0 Å². The zero-order valence-corrected chi connectivity index (χ0v) is 13.1. The fourth-order valence-electron chi connectivity index (χ4n) is 2.09. The summed E-state index contributed by atoms with van der Waals surface area (Å²) in [5, 5.41) is 0. The first-order chi connectivity index (χ1) is 10.4. The summed E-state index contributed by atoms with van der Waals surface area (Å²) in [4.78, 5) is 22.3. The average molecular weight is 298 g/mol. The molecule has 0 aliphatic rings. The van der Waals surface area contributed by atoms with E-state index < -0.39 is 0 Å².